The van der Waals surface area contributed by atoms with Gasteiger partial charge in [0.25, 0.3) is 0 Å². The minimum Gasteiger partial charge on any atom is -0.383 e. The molecule has 0 radical (unpaired) electrons. The van der Waals surface area contributed by atoms with Crippen LogP contribution in [0.4, 0.5) is 0 Å². The topological polar surface area (TPSA) is 55.7 Å². The smallest absolute Gasteiger partial charge is 0.157 e. The summed E-state index contributed by atoms with van der Waals surface area (Å²) in [5.41, 5.74) is 17.6. The molecule has 0 amide bonds. The average Bonchev–Trinajstić information content (AvgIpc) is 3.79. The van der Waals surface area contributed by atoms with E-state index in [1.54, 1.807) is 0 Å². The molecule has 0 atom stereocenters. The number of thiophene rings is 1. The van der Waals surface area contributed by atoms with E-state index in [1.165, 1.54) is 42.0 Å². The summed E-state index contributed by atoms with van der Waals surface area (Å²) in [7, 11) is 0. The molecule has 5 heteroatoms. The summed E-state index contributed by atoms with van der Waals surface area (Å²) in [5, 5.41) is 5.03. The fraction of sp³-hybridized carbons (Fsp3) is 0.0196. The lowest BCUT2D eigenvalue weighted by molar-refractivity contribution is 1.06. The number of aliphatic imine (C=N–C) groups is 2. The van der Waals surface area contributed by atoms with Crippen molar-refractivity contribution in [3.63, 3.8) is 0 Å². The number of para-hydroxylation sites is 2. The van der Waals surface area contributed by atoms with Crippen molar-refractivity contribution in [2.24, 2.45) is 15.7 Å². The van der Waals surface area contributed by atoms with Crippen LogP contribution in [0.25, 0.3) is 69.9 Å². The van der Waals surface area contributed by atoms with Crippen LogP contribution in [0.1, 0.15) is 16.7 Å². The van der Waals surface area contributed by atoms with E-state index < -0.39 is 0 Å². The third-order valence-electron chi connectivity index (χ3n) is 10.5. The predicted molar refractivity (Wildman–Crippen MR) is 238 cm³/mol. The van der Waals surface area contributed by atoms with Gasteiger partial charge in [-0.1, -0.05) is 152 Å². The quantitative estimate of drug-likeness (QED) is 0.129. The molecule has 0 aliphatic rings. The van der Waals surface area contributed by atoms with E-state index in [4.69, 9.17) is 15.7 Å². The molecule has 0 unspecified atom stereocenters. The van der Waals surface area contributed by atoms with Crippen molar-refractivity contribution in [1.82, 2.24) is 4.57 Å². The Morgan fingerprint density at radius 1 is 0.500 bits per heavy atom. The maximum atomic E-state index is 6.74. The molecule has 2 N–H and O–H groups in total. The molecule has 0 saturated heterocycles. The van der Waals surface area contributed by atoms with Gasteiger partial charge in [-0.05, 0) is 70.3 Å². The van der Waals surface area contributed by atoms with Crippen LogP contribution in [0, 0.1) is 0 Å². The second kappa shape index (κ2) is 14.3. The summed E-state index contributed by atoms with van der Waals surface area (Å²) in [6.45, 7) is 0.472. The highest BCUT2D eigenvalue weighted by molar-refractivity contribution is 7.26. The Balaban J connectivity index is 1.16. The molecule has 56 heavy (non-hydrogen) atoms. The largest absolute Gasteiger partial charge is 0.383 e. The van der Waals surface area contributed by atoms with E-state index >= 15 is 0 Å². The maximum Gasteiger partial charge on any atom is 0.157 e. The normalized spacial score (nSPS) is 12.3. The van der Waals surface area contributed by atoms with Gasteiger partial charge in [0.2, 0.25) is 0 Å². The number of hydrogen-bond acceptors (Lipinski definition) is 2. The Morgan fingerprint density at radius 2 is 1.16 bits per heavy atom. The number of amidine groups is 2. The molecule has 4 nitrogen and oxygen atoms in total. The van der Waals surface area contributed by atoms with Crippen LogP contribution in [-0.4, -0.2) is 16.2 Å². The molecule has 0 saturated carbocycles. The second-order valence-electron chi connectivity index (χ2n) is 14.0. The van der Waals surface area contributed by atoms with Gasteiger partial charge < -0.3 is 10.3 Å². The minimum atomic E-state index is 0.424. The Bertz CT molecular complexity index is 3090. The number of rotatable bonds is 7. The Hall–Kier alpha value is -7.08. The first-order chi connectivity index (χ1) is 27.7. The molecular weight excluding hydrogens is 701 g/mol. The van der Waals surface area contributed by atoms with Crippen molar-refractivity contribution in [2.75, 3.05) is 0 Å². The van der Waals surface area contributed by atoms with Gasteiger partial charge >= 0.3 is 0 Å². The summed E-state index contributed by atoms with van der Waals surface area (Å²) in [5.74, 6) is 1.02. The van der Waals surface area contributed by atoms with Crippen LogP contribution in [0.15, 0.2) is 204 Å². The van der Waals surface area contributed by atoms with Gasteiger partial charge in [0, 0.05) is 47.8 Å². The molecule has 2 heterocycles. The number of aromatic nitrogens is 1. The molecule has 266 valence electrons. The van der Waals surface area contributed by atoms with Crippen molar-refractivity contribution in [1.29, 1.82) is 0 Å². The number of hydrogen-bond donors (Lipinski definition) is 1. The highest BCUT2D eigenvalue weighted by Gasteiger charge is 2.18. The summed E-state index contributed by atoms with van der Waals surface area (Å²) in [6, 6.07) is 68.3. The fourth-order valence-corrected chi connectivity index (χ4v) is 8.93. The van der Waals surface area contributed by atoms with E-state index in [1.807, 2.05) is 65.9 Å². The van der Waals surface area contributed by atoms with Crippen LogP contribution in [0.2, 0.25) is 0 Å². The van der Waals surface area contributed by atoms with Crippen molar-refractivity contribution in [3.8, 4) is 27.9 Å². The summed E-state index contributed by atoms with van der Waals surface area (Å²) >= 11 is 1.84. The molecule has 0 fully saturated rings. The van der Waals surface area contributed by atoms with Crippen LogP contribution in [0.3, 0.4) is 0 Å². The zero-order valence-corrected chi connectivity index (χ0v) is 31.3. The van der Waals surface area contributed by atoms with Crippen LogP contribution in [-0.2, 0) is 6.54 Å². The van der Waals surface area contributed by atoms with E-state index in [-0.39, 0.29) is 0 Å². The number of nitrogens with two attached hydrogens (primary N) is 1. The zero-order valence-electron chi connectivity index (χ0n) is 30.5. The van der Waals surface area contributed by atoms with Crippen molar-refractivity contribution in [3.05, 3.63) is 211 Å². The second-order valence-corrected chi connectivity index (χ2v) is 15.1. The van der Waals surface area contributed by atoms with Gasteiger partial charge in [-0.15, -0.1) is 11.3 Å². The standard InChI is InChI=1S/C51H36N4S/c52-50(36-19-9-3-10-20-36)54-51(53-33-34-15-5-1-6-16-34)45-29-37(35-17-7-2-8-18-35)25-27-40(45)38-26-28-42-44-31-43-41-23-13-14-24-46(41)55(39-21-11-4-12-22-39)47(43)32-49(44)56-48(42)30-38/h1-32H,33H2,(H2,52,53,54). The predicted octanol–water partition coefficient (Wildman–Crippen LogP) is 12.8. The molecule has 2 aromatic heterocycles. The van der Waals surface area contributed by atoms with E-state index in [0.717, 1.165) is 44.6 Å². The van der Waals surface area contributed by atoms with Crippen molar-refractivity contribution < 1.29 is 0 Å². The monoisotopic (exact) mass is 736 g/mol. The van der Waals surface area contributed by atoms with Crippen molar-refractivity contribution in [2.45, 2.75) is 6.54 Å². The molecule has 0 bridgehead atoms. The number of nitrogens with zero attached hydrogens (tertiary/aromatic N) is 3. The molecule has 10 aromatic rings. The third kappa shape index (κ3) is 6.14. The SMILES string of the molecule is NC(=NC(=NCc1ccccc1)c1cc(-c2ccccc2)ccc1-c1ccc2c(c1)sc1cc3c(cc12)c1ccccc1n3-c1ccccc1)c1ccccc1. The van der Waals surface area contributed by atoms with Gasteiger partial charge in [-0.3, -0.25) is 4.99 Å². The molecular formula is C51H36N4S. The first kappa shape index (κ1) is 33.5. The molecule has 10 rings (SSSR count). The summed E-state index contributed by atoms with van der Waals surface area (Å²) in [4.78, 5) is 10.3. The average molecular weight is 737 g/mol. The molecule has 0 aliphatic carbocycles. The van der Waals surface area contributed by atoms with Gasteiger partial charge in [-0.25, -0.2) is 4.99 Å². The first-order valence-electron chi connectivity index (χ1n) is 18.8. The Kier molecular flexibility index (Phi) is 8.55. The van der Waals surface area contributed by atoms with Crippen LogP contribution < -0.4 is 5.73 Å². The highest BCUT2D eigenvalue weighted by atomic mass is 32.1. The Labute approximate surface area is 329 Å². The third-order valence-corrected chi connectivity index (χ3v) is 11.6. The summed E-state index contributed by atoms with van der Waals surface area (Å²) < 4.78 is 4.88. The summed E-state index contributed by atoms with van der Waals surface area (Å²) in [6.07, 6.45) is 0. The van der Waals surface area contributed by atoms with Gasteiger partial charge in [0.1, 0.15) is 5.84 Å². The lowest BCUT2D eigenvalue weighted by Crippen LogP contribution is -2.16. The first-order valence-corrected chi connectivity index (χ1v) is 19.6. The maximum absolute atomic E-state index is 6.74. The lowest BCUT2D eigenvalue weighted by atomic mass is 9.93. The molecule has 8 aromatic carbocycles. The minimum absolute atomic E-state index is 0.424. The van der Waals surface area contributed by atoms with Gasteiger partial charge in [-0.2, -0.15) is 0 Å². The van der Waals surface area contributed by atoms with Gasteiger partial charge in [0.05, 0.1) is 17.6 Å². The molecule has 0 spiro atoms. The van der Waals surface area contributed by atoms with Crippen LogP contribution >= 0.6 is 11.3 Å². The van der Waals surface area contributed by atoms with Gasteiger partial charge in [0.15, 0.2) is 5.84 Å². The Morgan fingerprint density at radius 3 is 1.95 bits per heavy atom. The van der Waals surface area contributed by atoms with Crippen molar-refractivity contribution >= 4 is 65.0 Å². The van der Waals surface area contributed by atoms with Crippen LogP contribution in [0.5, 0.6) is 0 Å². The lowest BCUT2D eigenvalue weighted by Gasteiger charge is -2.14. The zero-order chi connectivity index (χ0) is 37.4. The van der Waals surface area contributed by atoms with E-state index in [9.17, 15) is 0 Å². The number of benzene rings is 8. The highest BCUT2D eigenvalue weighted by Crippen LogP contribution is 2.42. The van der Waals surface area contributed by atoms with E-state index in [2.05, 4.69) is 144 Å². The molecule has 0 aliphatic heterocycles. The van der Waals surface area contributed by atoms with E-state index in [0.29, 0.717) is 18.2 Å². The fourth-order valence-electron chi connectivity index (χ4n) is 7.77. The number of fused-ring (bicyclic) bond motifs is 6.